The van der Waals surface area contributed by atoms with Gasteiger partial charge in [-0.25, -0.2) is 4.79 Å². The van der Waals surface area contributed by atoms with Crippen LogP contribution in [0, 0.1) is 0 Å². The molecule has 0 aliphatic carbocycles. The predicted molar refractivity (Wildman–Crippen MR) is 73.5 cm³/mol. The standard InChI is InChI=1S/C9H16I2O3/c1-5(10)7(3)13-9(12)14-8(4)6(2)11/h5-8H,1-4H3. The molecule has 0 heterocycles. The van der Waals surface area contributed by atoms with E-state index in [0.717, 1.165) is 0 Å². The molecule has 4 unspecified atom stereocenters. The van der Waals surface area contributed by atoms with Crippen LogP contribution in [0.25, 0.3) is 0 Å². The summed E-state index contributed by atoms with van der Waals surface area (Å²) < 4.78 is 10.7. The van der Waals surface area contributed by atoms with Gasteiger partial charge >= 0.3 is 6.16 Å². The second-order valence-corrected chi connectivity index (χ2v) is 7.18. The number of rotatable bonds is 4. The highest BCUT2D eigenvalue weighted by Gasteiger charge is 2.19. The Balaban J connectivity index is 3.87. The first-order valence-corrected chi connectivity index (χ1v) is 6.99. The summed E-state index contributed by atoms with van der Waals surface area (Å²) in [5, 5.41) is 0. The lowest BCUT2D eigenvalue weighted by atomic mass is 10.3. The molecule has 14 heavy (non-hydrogen) atoms. The van der Waals surface area contributed by atoms with Gasteiger partial charge < -0.3 is 9.47 Å². The molecule has 0 spiro atoms. The van der Waals surface area contributed by atoms with Gasteiger partial charge in [-0.1, -0.05) is 45.2 Å². The third-order valence-electron chi connectivity index (χ3n) is 1.86. The van der Waals surface area contributed by atoms with Crippen molar-refractivity contribution >= 4 is 51.3 Å². The largest absolute Gasteiger partial charge is 0.508 e. The highest BCUT2D eigenvalue weighted by molar-refractivity contribution is 14.1. The Morgan fingerprint density at radius 3 is 1.43 bits per heavy atom. The number of ether oxygens (including phenoxy) is 2. The zero-order chi connectivity index (χ0) is 11.3. The average Bonchev–Trinajstić information content (AvgIpc) is 2.03. The van der Waals surface area contributed by atoms with Crippen LogP contribution >= 0.6 is 45.2 Å². The molecule has 0 aliphatic rings. The van der Waals surface area contributed by atoms with Crippen molar-refractivity contribution in [1.29, 1.82) is 0 Å². The summed E-state index contributed by atoms with van der Waals surface area (Å²) in [5.74, 6) is 0. The number of carbonyl (C=O) groups excluding carboxylic acids is 1. The summed E-state index contributed by atoms with van der Waals surface area (Å²) in [5.41, 5.74) is 0. The monoisotopic (exact) mass is 426 g/mol. The van der Waals surface area contributed by atoms with Gasteiger partial charge in [0.25, 0.3) is 0 Å². The molecule has 0 saturated carbocycles. The molecule has 0 aromatic carbocycles. The van der Waals surface area contributed by atoms with Crippen LogP contribution < -0.4 is 0 Å². The number of hydrogen-bond donors (Lipinski definition) is 0. The first-order valence-electron chi connectivity index (χ1n) is 4.50. The summed E-state index contributed by atoms with van der Waals surface area (Å²) >= 11 is 4.43. The Labute approximate surface area is 113 Å². The Bertz CT molecular complexity index is 165. The molecular formula is C9H16I2O3. The Hall–Kier alpha value is 0.730. The average molecular weight is 426 g/mol. The molecule has 3 nitrogen and oxygen atoms in total. The second kappa shape index (κ2) is 7.08. The number of hydrogen-bond acceptors (Lipinski definition) is 3. The van der Waals surface area contributed by atoms with E-state index in [9.17, 15) is 4.79 Å². The molecule has 0 saturated heterocycles. The molecule has 84 valence electrons. The summed E-state index contributed by atoms with van der Waals surface area (Å²) in [7, 11) is 0. The van der Waals surface area contributed by atoms with E-state index in [1.165, 1.54) is 0 Å². The third kappa shape index (κ3) is 6.26. The van der Waals surface area contributed by atoms with Crippen molar-refractivity contribution in [2.24, 2.45) is 0 Å². The van der Waals surface area contributed by atoms with Crippen LogP contribution in [-0.2, 0) is 9.47 Å². The lowest BCUT2D eigenvalue weighted by Crippen LogP contribution is -2.27. The predicted octanol–water partition coefficient (Wildman–Crippen LogP) is 3.56. The Kier molecular flexibility index (Phi) is 7.45. The van der Waals surface area contributed by atoms with E-state index in [4.69, 9.17) is 9.47 Å². The van der Waals surface area contributed by atoms with Crippen molar-refractivity contribution in [1.82, 2.24) is 0 Å². The molecule has 0 rings (SSSR count). The molecule has 4 atom stereocenters. The van der Waals surface area contributed by atoms with Gasteiger partial charge in [-0.05, 0) is 27.7 Å². The maximum Gasteiger partial charge on any atom is 0.508 e. The van der Waals surface area contributed by atoms with Crippen molar-refractivity contribution < 1.29 is 14.3 Å². The number of alkyl halides is 2. The number of carbonyl (C=O) groups is 1. The fraction of sp³-hybridized carbons (Fsp3) is 0.889. The Morgan fingerprint density at radius 2 is 1.21 bits per heavy atom. The van der Waals surface area contributed by atoms with E-state index < -0.39 is 6.16 Å². The topological polar surface area (TPSA) is 35.5 Å². The van der Waals surface area contributed by atoms with Gasteiger partial charge in [-0.3, -0.25) is 0 Å². The zero-order valence-electron chi connectivity index (χ0n) is 8.79. The van der Waals surface area contributed by atoms with Gasteiger partial charge in [0.15, 0.2) is 0 Å². The van der Waals surface area contributed by atoms with E-state index >= 15 is 0 Å². The second-order valence-electron chi connectivity index (χ2n) is 3.25. The van der Waals surface area contributed by atoms with Crippen LogP contribution in [0.4, 0.5) is 4.79 Å². The SMILES string of the molecule is CC(I)C(C)OC(=O)OC(C)C(C)I. The Morgan fingerprint density at radius 1 is 0.929 bits per heavy atom. The van der Waals surface area contributed by atoms with Crippen LogP contribution in [0.1, 0.15) is 27.7 Å². The van der Waals surface area contributed by atoms with Crippen LogP contribution in [0.15, 0.2) is 0 Å². The first kappa shape index (κ1) is 14.7. The lowest BCUT2D eigenvalue weighted by molar-refractivity contribution is 0.0106. The van der Waals surface area contributed by atoms with E-state index in [0.29, 0.717) is 0 Å². The van der Waals surface area contributed by atoms with Crippen LogP contribution in [-0.4, -0.2) is 26.2 Å². The fourth-order valence-corrected chi connectivity index (χ4v) is 0.812. The highest BCUT2D eigenvalue weighted by Crippen LogP contribution is 2.13. The lowest BCUT2D eigenvalue weighted by Gasteiger charge is -2.19. The first-order chi connectivity index (χ1) is 6.34. The zero-order valence-corrected chi connectivity index (χ0v) is 13.1. The molecule has 0 aromatic rings. The van der Waals surface area contributed by atoms with Crippen molar-refractivity contribution in [2.75, 3.05) is 0 Å². The molecule has 5 heteroatoms. The molecule has 0 bridgehead atoms. The molecule has 0 fully saturated rings. The van der Waals surface area contributed by atoms with Gasteiger partial charge in [0, 0.05) is 7.85 Å². The van der Waals surface area contributed by atoms with Gasteiger partial charge in [0.2, 0.25) is 0 Å². The van der Waals surface area contributed by atoms with E-state index in [1.807, 2.05) is 27.7 Å². The maximum atomic E-state index is 11.2. The van der Waals surface area contributed by atoms with Gasteiger partial charge in [-0.15, -0.1) is 0 Å². The highest BCUT2D eigenvalue weighted by atomic mass is 127. The molecule has 0 radical (unpaired) electrons. The molecule has 0 N–H and O–H groups in total. The van der Waals surface area contributed by atoms with E-state index in [-0.39, 0.29) is 20.1 Å². The van der Waals surface area contributed by atoms with Crippen molar-refractivity contribution in [3.8, 4) is 0 Å². The van der Waals surface area contributed by atoms with Gasteiger partial charge in [0.05, 0.1) is 0 Å². The normalized spacial score (nSPS) is 19.3. The summed E-state index contributed by atoms with van der Waals surface area (Å²) in [6.07, 6.45) is -0.795. The fourth-order valence-electron chi connectivity index (χ4n) is 0.519. The van der Waals surface area contributed by atoms with Crippen LogP contribution in [0.3, 0.4) is 0 Å². The summed E-state index contributed by atoms with van der Waals surface area (Å²) in [6.45, 7) is 7.69. The minimum Gasteiger partial charge on any atom is -0.430 e. The minimum atomic E-state index is -0.572. The molecule has 0 aliphatic heterocycles. The number of halogens is 2. The minimum absolute atomic E-state index is 0.111. The third-order valence-corrected chi connectivity index (χ3v) is 3.88. The molecule has 0 amide bonds. The maximum absolute atomic E-state index is 11.2. The van der Waals surface area contributed by atoms with E-state index in [2.05, 4.69) is 45.2 Å². The van der Waals surface area contributed by atoms with Gasteiger partial charge in [-0.2, -0.15) is 0 Å². The molecule has 0 aromatic heterocycles. The summed E-state index contributed by atoms with van der Waals surface area (Å²) in [4.78, 5) is 11.2. The van der Waals surface area contributed by atoms with Crippen molar-refractivity contribution in [3.63, 3.8) is 0 Å². The van der Waals surface area contributed by atoms with Gasteiger partial charge in [0.1, 0.15) is 12.2 Å². The molecular weight excluding hydrogens is 410 g/mol. The van der Waals surface area contributed by atoms with Crippen molar-refractivity contribution in [3.05, 3.63) is 0 Å². The van der Waals surface area contributed by atoms with Crippen molar-refractivity contribution in [2.45, 2.75) is 47.8 Å². The van der Waals surface area contributed by atoms with Crippen LogP contribution in [0.5, 0.6) is 0 Å². The summed E-state index contributed by atoms with van der Waals surface area (Å²) in [6, 6.07) is 0. The smallest absolute Gasteiger partial charge is 0.430 e. The van der Waals surface area contributed by atoms with Crippen LogP contribution in [0.2, 0.25) is 0 Å². The van der Waals surface area contributed by atoms with E-state index in [1.54, 1.807) is 0 Å². The quantitative estimate of drug-likeness (QED) is 0.392.